The third-order valence-electron chi connectivity index (χ3n) is 3.91. The third-order valence-corrected chi connectivity index (χ3v) is 4.71. The van der Waals surface area contributed by atoms with Crippen LogP contribution in [-0.2, 0) is 0 Å². The Morgan fingerprint density at radius 2 is 2.15 bits per heavy atom. The van der Waals surface area contributed by atoms with Gasteiger partial charge in [0.15, 0.2) is 0 Å². The number of benzene rings is 1. The van der Waals surface area contributed by atoms with Crippen LogP contribution in [0.15, 0.2) is 62.2 Å². The van der Waals surface area contributed by atoms with Gasteiger partial charge in [-0.15, -0.1) is 11.3 Å². The van der Waals surface area contributed by atoms with E-state index in [9.17, 15) is 14.9 Å². The van der Waals surface area contributed by atoms with E-state index < -0.39 is 4.92 Å². The standard InChI is InChI=1S/C18H12N4O4S/c1-11-20-17-15(7-8-27-17)18(23)21(11)19-10-14-5-6-16(26-14)12-3-2-4-13(9-12)22(24)25/h2-10H,1H3/b19-10-. The maximum absolute atomic E-state index is 12.5. The van der Waals surface area contributed by atoms with Gasteiger partial charge in [0.1, 0.15) is 22.2 Å². The molecule has 0 N–H and O–H groups in total. The molecule has 0 spiro atoms. The first-order chi connectivity index (χ1) is 13.0. The molecule has 0 amide bonds. The van der Waals surface area contributed by atoms with Crippen LogP contribution in [0.4, 0.5) is 5.69 Å². The molecule has 3 heterocycles. The van der Waals surface area contributed by atoms with E-state index in [0.29, 0.717) is 33.1 Å². The van der Waals surface area contributed by atoms with Gasteiger partial charge in [-0.2, -0.15) is 9.78 Å². The molecule has 0 radical (unpaired) electrons. The normalized spacial score (nSPS) is 11.4. The average molecular weight is 380 g/mol. The molecule has 0 aliphatic heterocycles. The smallest absolute Gasteiger partial charge is 0.282 e. The number of aromatic nitrogens is 2. The summed E-state index contributed by atoms with van der Waals surface area (Å²) in [7, 11) is 0. The van der Waals surface area contributed by atoms with Gasteiger partial charge in [-0.05, 0) is 30.5 Å². The van der Waals surface area contributed by atoms with Gasteiger partial charge in [0.25, 0.3) is 11.2 Å². The molecule has 3 aromatic heterocycles. The first kappa shape index (κ1) is 16.9. The highest BCUT2D eigenvalue weighted by molar-refractivity contribution is 7.16. The van der Waals surface area contributed by atoms with Crippen molar-refractivity contribution in [3.8, 4) is 11.3 Å². The summed E-state index contributed by atoms with van der Waals surface area (Å²) in [5.74, 6) is 1.35. The number of furan rings is 1. The second-order valence-electron chi connectivity index (χ2n) is 5.67. The topological polar surface area (TPSA) is 104 Å². The zero-order chi connectivity index (χ0) is 19.0. The SMILES string of the molecule is Cc1nc2sccc2c(=O)n1/N=C\c1ccc(-c2cccc([N+](=O)[O-])c2)o1. The van der Waals surface area contributed by atoms with E-state index in [4.69, 9.17) is 4.42 Å². The van der Waals surface area contributed by atoms with Gasteiger partial charge in [-0.1, -0.05) is 12.1 Å². The molecule has 0 atom stereocenters. The summed E-state index contributed by atoms with van der Waals surface area (Å²) in [4.78, 5) is 28.0. The quantitative estimate of drug-likeness (QED) is 0.304. The first-order valence-electron chi connectivity index (χ1n) is 7.89. The van der Waals surface area contributed by atoms with E-state index in [-0.39, 0.29) is 11.2 Å². The summed E-state index contributed by atoms with van der Waals surface area (Å²) in [6.45, 7) is 1.70. The molecule has 0 saturated carbocycles. The molecule has 27 heavy (non-hydrogen) atoms. The molecule has 134 valence electrons. The molecule has 0 bridgehead atoms. The molecule has 0 aliphatic carbocycles. The monoisotopic (exact) mass is 380 g/mol. The summed E-state index contributed by atoms with van der Waals surface area (Å²) in [6, 6.07) is 11.2. The Hall–Kier alpha value is -3.59. The number of hydrogen-bond acceptors (Lipinski definition) is 7. The summed E-state index contributed by atoms with van der Waals surface area (Å²) >= 11 is 1.40. The van der Waals surface area contributed by atoms with Crippen LogP contribution < -0.4 is 5.56 Å². The van der Waals surface area contributed by atoms with Gasteiger partial charge in [-0.25, -0.2) is 4.98 Å². The minimum Gasteiger partial charge on any atom is -0.455 e. The predicted octanol–water partition coefficient (Wildman–Crippen LogP) is 3.82. The van der Waals surface area contributed by atoms with Crippen molar-refractivity contribution in [2.75, 3.05) is 0 Å². The number of nitrogens with zero attached hydrogens (tertiary/aromatic N) is 4. The highest BCUT2D eigenvalue weighted by atomic mass is 32.1. The van der Waals surface area contributed by atoms with Gasteiger partial charge >= 0.3 is 0 Å². The molecule has 0 aliphatic rings. The molecule has 4 aromatic rings. The van der Waals surface area contributed by atoms with E-state index in [1.165, 1.54) is 34.4 Å². The van der Waals surface area contributed by atoms with E-state index >= 15 is 0 Å². The van der Waals surface area contributed by atoms with Crippen molar-refractivity contribution in [2.24, 2.45) is 5.10 Å². The molecular weight excluding hydrogens is 368 g/mol. The lowest BCUT2D eigenvalue weighted by Gasteiger charge is -2.02. The number of nitro groups is 1. The molecule has 1 aromatic carbocycles. The minimum atomic E-state index is -0.461. The van der Waals surface area contributed by atoms with E-state index in [0.717, 1.165) is 0 Å². The minimum absolute atomic E-state index is 0.0172. The fourth-order valence-electron chi connectivity index (χ4n) is 2.61. The van der Waals surface area contributed by atoms with Crippen LogP contribution in [0.2, 0.25) is 0 Å². The number of thiophene rings is 1. The molecule has 8 nitrogen and oxygen atoms in total. The highest BCUT2D eigenvalue weighted by Crippen LogP contribution is 2.25. The van der Waals surface area contributed by atoms with Crippen LogP contribution in [0.5, 0.6) is 0 Å². The van der Waals surface area contributed by atoms with Crippen LogP contribution in [0, 0.1) is 17.0 Å². The van der Waals surface area contributed by atoms with E-state index in [1.807, 2.05) is 5.38 Å². The van der Waals surface area contributed by atoms with Gasteiger partial charge in [0, 0.05) is 17.7 Å². The lowest BCUT2D eigenvalue weighted by Crippen LogP contribution is -2.19. The number of rotatable bonds is 4. The van der Waals surface area contributed by atoms with Crippen molar-refractivity contribution >= 4 is 33.5 Å². The van der Waals surface area contributed by atoms with Gasteiger partial charge in [0.2, 0.25) is 0 Å². The number of non-ortho nitro benzene ring substituents is 1. The number of fused-ring (bicyclic) bond motifs is 1. The fraction of sp³-hybridized carbons (Fsp3) is 0.0556. The zero-order valence-corrected chi connectivity index (χ0v) is 14.8. The second-order valence-corrected chi connectivity index (χ2v) is 6.56. The van der Waals surface area contributed by atoms with Crippen LogP contribution >= 0.6 is 11.3 Å². The third kappa shape index (κ3) is 3.15. The largest absolute Gasteiger partial charge is 0.455 e. The van der Waals surface area contributed by atoms with Gasteiger partial charge < -0.3 is 4.42 Å². The Labute approximate surface area is 156 Å². The molecule has 0 saturated heterocycles. The van der Waals surface area contributed by atoms with Gasteiger partial charge in [0.05, 0.1) is 16.5 Å². The van der Waals surface area contributed by atoms with Crippen LogP contribution in [0.1, 0.15) is 11.6 Å². The second kappa shape index (κ2) is 6.61. The first-order valence-corrected chi connectivity index (χ1v) is 8.77. The summed E-state index contributed by atoms with van der Waals surface area (Å²) < 4.78 is 6.89. The van der Waals surface area contributed by atoms with E-state index in [2.05, 4.69) is 10.1 Å². The average Bonchev–Trinajstić information content (AvgIpc) is 3.31. The number of aryl methyl sites for hydroxylation is 1. The predicted molar refractivity (Wildman–Crippen MR) is 102 cm³/mol. The summed E-state index contributed by atoms with van der Waals surface area (Å²) in [6.07, 6.45) is 1.41. The van der Waals surface area contributed by atoms with Gasteiger partial charge in [-0.3, -0.25) is 14.9 Å². The molecule has 0 unspecified atom stereocenters. The number of nitro benzene ring substituents is 1. The Bertz CT molecular complexity index is 1250. The summed E-state index contributed by atoms with van der Waals surface area (Å²) in [5, 5.41) is 17.4. The van der Waals surface area contributed by atoms with Crippen LogP contribution in [-0.4, -0.2) is 20.8 Å². The Morgan fingerprint density at radius 1 is 1.30 bits per heavy atom. The van der Waals surface area contributed by atoms with Crippen molar-refractivity contribution in [1.82, 2.24) is 9.66 Å². The van der Waals surface area contributed by atoms with E-state index in [1.54, 1.807) is 37.3 Å². The summed E-state index contributed by atoms with van der Waals surface area (Å²) in [5.41, 5.74) is 0.315. The maximum Gasteiger partial charge on any atom is 0.282 e. The lowest BCUT2D eigenvalue weighted by atomic mass is 10.1. The molecule has 0 fully saturated rings. The van der Waals surface area contributed by atoms with Crippen molar-refractivity contribution in [3.63, 3.8) is 0 Å². The van der Waals surface area contributed by atoms with Crippen molar-refractivity contribution in [3.05, 3.63) is 79.9 Å². The maximum atomic E-state index is 12.5. The lowest BCUT2D eigenvalue weighted by molar-refractivity contribution is -0.384. The van der Waals surface area contributed by atoms with Crippen molar-refractivity contribution in [1.29, 1.82) is 0 Å². The number of hydrogen-bond donors (Lipinski definition) is 0. The van der Waals surface area contributed by atoms with Crippen LogP contribution in [0.3, 0.4) is 0 Å². The van der Waals surface area contributed by atoms with Crippen molar-refractivity contribution < 1.29 is 9.34 Å². The molecular formula is C18H12N4O4S. The molecule has 4 rings (SSSR count). The van der Waals surface area contributed by atoms with Crippen molar-refractivity contribution in [2.45, 2.75) is 6.92 Å². The Balaban J connectivity index is 1.66. The molecule has 9 heteroatoms. The van der Waals surface area contributed by atoms with Crippen LogP contribution in [0.25, 0.3) is 21.5 Å². The zero-order valence-electron chi connectivity index (χ0n) is 14.0. The highest BCUT2D eigenvalue weighted by Gasteiger charge is 2.11. The Kier molecular flexibility index (Phi) is 4.13. The Morgan fingerprint density at radius 3 is 2.96 bits per heavy atom. The fourth-order valence-corrected chi connectivity index (χ4v) is 3.41.